The number of hydrogen-bond acceptors (Lipinski definition) is 3. The maximum Gasteiger partial charge on any atom is 0.160 e. The number of Topliss-reactive ketones (excluding diaryl/α,β-unsaturated/α-hetero) is 1. The second-order valence-corrected chi connectivity index (χ2v) is 6.81. The average Bonchev–Trinajstić information content (AvgIpc) is 2.67. The summed E-state index contributed by atoms with van der Waals surface area (Å²) in [6.45, 7) is 3.24. The van der Waals surface area contributed by atoms with Crippen LogP contribution in [0.5, 0.6) is 0 Å². The Hall–Kier alpha value is -0.380. The van der Waals surface area contributed by atoms with E-state index in [0.29, 0.717) is 12.3 Å². The molecule has 15 heavy (non-hydrogen) atoms. The molecule has 1 aliphatic rings. The lowest BCUT2D eigenvalue weighted by Gasteiger charge is -2.14. The zero-order valence-electron chi connectivity index (χ0n) is 9.53. The minimum Gasteiger partial charge on any atom is -0.298 e. The summed E-state index contributed by atoms with van der Waals surface area (Å²) < 4.78 is 23.7. The van der Waals surface area contributed by atoms with Crippen LogP contribution in [0.1, 0.15) is 46.0 Å². The predicted molar refractivity (Wildman–Crippen MR) is 60.5 cm³/mol. The fourth-order valence-electron chi connectivity index (χ4n) is 2.14. The molecule has 1 rings (SSSR count). The largest absolute Gasteiger partial charge is 0.298 e. The van der Waals surface area contributed by atoms with Gasteiger partial charge >= 0.3 is 0 Å². The van der Waals surface area contributed by atoms with Crippen molar-refractivity contribution in [2.75, 3.05) is 5.75 Å². The second-order valence-electron chi connectivity index (χ2n) is 4.44. The molecule has 3 nitrogen and oxygen atoms in total. The van der Waals surface area contributed by atoms with Gasteiger partial charge in [0.1, 0.15) is 11.0 Å². The van der Waals surface area contributed by atoms with E-state index >= 15 is 0 Å². The van der Waals surface area contributed by atoms with Crippen LogP contribution < -0.4 is 0 Å². The van der Waals surface area contributed by atoms with E-state index in [1.807, 2.05) is 0 Å². The lowest BCUT2D eigenvalue weighted by Crippen LogP contribution is -2.31. The van der Waals surface area contributed by atoms with E-state index in [0.717, 1.165) is 25.7 Å². The van der Waals surface area contributed by atoms with Gasteiger partial charge in [-0.2, -0.15) is 0 Å². The van der Waals surface area contributed by atoms with Crippen LogP contribution in [0.3, 0.4) is 0 Å². The van der Waals surface area contributed by atoms with Crippen molar-refractivity contribution in [3.8, 4) is 0 Å². The van der Waals surface area contributed by atoms with Gasteiger partial charge in [0.25, 0.3) is 0 Å². The molecule has 0 bridgehead atoms. The molecule has 1 saturated carbocycles. The third-order valence-electron chi connectivity index (χ3n) is 3.28. The molecule has 0 N–H and O–H groups in total. The molecule has 0 saturated heterocycles. The fraction of sp³-hybridized carbons (Fsp3) is 0.909. The highest BCUT2D eigenvalue weighted by Gasteiger charge is 2.30. The van der Waals surface area contributed by atoms with Crippen LogP contribution in [-0.4, -0.2) is 25.2 Å². The third kappa shape index (κ3) is 3.30. The molecule has 0 spiro atoms. The number of carbonyl (C=O) groups is 1. The van der Waals surface area contributed by atoms with Crippen LogP contribution in [0, 0.1) is 5.92 Å². The van der Waals surface area contributed by atoms with E-state index < -0.39 is 15.1 Å². The Morgan fingerprint density at radius 1 is 1.33 bits per heavy atom. The van der Waals surface area contributed by atoms with Gasteiger partial charge in [0.2, 0.25) is 0 Å². The van der Waals surface area contributed by atoms with Crippen molar-refractivity contribution < 1.29 is 13.2 Å². The van der Waals surface area contributed by atoms with Crippen LogP contribution in [0.25, 0.3) is 0 Å². The Labute approximate surface area is 92.2 Å². The average molecular weight is 232 g/mol. The maximum absolute atomic E-state index is 11.9. The smallest absolute Gasteiger partial charge is 0.160 e. The highest BCUT2D eigenvalue weighted by molar-refractivity contribution is 7.92. The quantitative estimate of drug-likeness (QED) is 0.728. The maximum atomic E-state index is 11.9. The summed E-state index contributed by atoms with van der Waals surface area (Å²) in [7, 11) is -3.20. The molecular formula is C11H20O3S. The molecule has 1 atom stereocenters. The summed E-state index contributed by atoms with van der Waals surface area (Å²) >= 11 is 0. The molecule has 0 heterocycles. The number of carbonyl (C=O) groups excluding carboxylic acids is 1. The van der Waals surface area contributed by atoms with Gasteiger partial charge in [-0.25, -0.2) is 8.42 Å². The Morgan fingerprint density at radius 2 is 1.87 bits per heavy atom. The van der Waals surface area contributed by atoms with Crippen LogP contribution in [0.15, 0.2) is 0 Å². The summed E-state index contributed by atoms with van der Waals surface area (Å²) in [6, 6.07) is 0. The van der Waals surface area contributed by atoms with E-state index in [2.05, 4.69) is 0 Å². The van der Waals surface area contributed by atoms with Crippen molar-refractivity contribution in [3.05, 3.63) is 0 Å². The minimum atomic E-state index is -3.20. The molecule has 0 aromatic rings. The van der Waals surface area contributed by atoms with Crippen LogP contribution >= 0.6 is 0 Å². The number of sulfone groups is 1. The summed E-state index contributed by atoms with van der Waals surface area (Å²) in [4.78, 5) is 11.4. The summed E-state index contributed by atoms with van der Waals surface area (Å²) in [6.07, 6.45) is 4.59. The zero-order valence-corrected chi connectivity index (χ0v) is 10.3. The first-order chi connectivity index (χ1) is 6.97. The standard InChI is InChI=1S/C11H20O3S/c1-3-11(12)9(2)15(13,14)8-10-6-4-5-7-10/h9-10H,3-8H2,1-2H3. The van der Waals surface area contributed by atoms with Gasteiger partial charge < -0.3 is 0 Å². The van der Waals surface area contributed by atoms with Crippen molar-refractivity contribution in [1.29, 1.82) is 0 Å². The van der Waals surface area contributed by atoms with Crippen molar-refractivity contribution in [3.63, 3.8) is 0 Å². The topological polar surface area (TPSA) is 51.2 Å². The number of hydrogen-bond donors (Lipinski definition) is 0. The lowest BCUT2D eigenvalue weighted by atomic mass is 10.1. The van der Waals surface area contributed by atoms with E-state index in [4.69, 9.17) is 0 Å². The summed E-state index contributed by atoms with van der Waals surface area (Å²) in [5.41, 5.74) is 0. The Balaban J connectivity index is 2.61. The molecule has 1 unspecified atom stereocenters. The monoisotopic (exact) mass is 232 g/mol. The molecule has 1 fully saturated rings. The molecule has 0 aliphatic heterocycles. The molecule has 4 heteroatoms. The van der Waals surface area contributed by atoms with E-state index in [-0.39, 0.29) is 11.5 Å². The first-order valence-electron chi connectivity index (χ1n) is 5.71. The van der Waals surface area contributed by atoms with Gasteiger partial charge in [-0.3, -0.25) is 4.79 Å². The van der Waals surface area contributed by atoms with Crippen LogP contribution in [0.2, 0.25) is 0 Å². The Morgan fingerprint density at radius 3 is 2.33 bits per heavy atom. The molecule has 88 valence electrons. The van der Waals surface area contributed by atoms with Crippen molar-refractivity contribution in [2.24, 2.45) is 5.92 Å². The third-order valence-corrected chi connectivity index (χ3v) is 5.56. The number of ketones is 1. The fourth-order valence-corrected chi connectivity index (χ4v) is 3.98. The van der Waals surface area contributed by atoms with Gasteiger partial charge in [0.15, 0.2) is 9.84 Å². The second kappa shape index (κ2) is 5.10. The Bertz CT molecular complexity index is 313. The Kier molecular flexibility index (Phi) is 4.32. The first kappa shape index (κ1) is 12.7. The van der Waals surface area contributed by atoms with E-state index in [1.165, 1.54) is 6.92 Å². The highest BCUT2D eigenvalue weighted by atomic mass is 32.2. The van der Waals surface area contributed by atoms with Crippen molar-refractivity contribution in [2.45, 2.75) is 51.2 Å². The van der Waals surface area contributed by atoms with Gasteiger partial charge in [0.05, 0.1) is 5.75 Å². The van der Waals surface area contributed by atoms with Gasteiger partial charge in [-0.1, -0.05) is 19.8 Å². The van der Waals surface area contributed by atoms with Crippen LogP contribution in [0.4, 0.5) is 0 Å². The van der Waals surface area contributed by atoms with E-state index in [1.54, 1.807) is 6.92 Å². The van der Waals surface area contributed by atoms with Gasteiger partial charge in [-0.05, 0) is 25.7 Å². The zero-order chi connectivity index (χ0) is 11.5. The molecule has 0 aromatic heterocycles. The molecular weight excluding hydrogens is 212 g/mol. The lowest BCUT2D eigenvalue weighted by molar-refractivity contribution is -0.118. The number of rotatable bonds is 5. The molecule has 1 aliphatic carbocycles. The summed E-state index contributed by atoms with van der Waals surface area (Å²) in [5.74, 6) is 0.343. The highest BCUT2D eigenvalue weighted by Crippen LogP contribution is 2.27. The molecule has 0 radical (unpaired) electrons. The van der Waals surface area contributed by atoms with E-state index in [9.17, 15) is 13.2 Å². The predicted octanol–water partition coefficient (Wildman–Crippen LogP) is 1.96. The van der Waals surface area contributed by atoms with Crippen molar-refractivity contribution >= 4 is 15.6 Å². The molecule has 0 amide bonds. The summed E-state index contributed by atoms with van der Waals surface area (Å²) in [5, 5.41) is -0.803. The van der Waals surface area contributed by atoms with Gasteiger partial charge in [-0.15, -0.1) is 0 Å². The SMILES string of the molecule is CCC(=O)C(C)S(=O)(=O)CC1CCCC1. The molecule has 0 aromatic carbocycles. The minimum absolute atomic E-state index is 0.159. The van der Waals surface area contributed by atoms with Gasteiger partial charge in [0, 0.05) is 6.42 Å². The normalized spacial score (nSPS) is 20.4. The first-order valence-corrected chi connectivity index (χ1v) is 7.43. The van der Waals surface area contributed by atoms with Crippen LogP contribution in [-0.2, 0) is 14.6 Å². The van der Waals surface area contributed by atoms with Crippen molar-refractivity contribution in [1.82, 2.24) is 0 Å².